The van der Waals surface area contributed by atoms with Crippen LogP contribution in [-0.2, 0) is 14.6 Å². The van der Waals surface area contributed by atoms with E-state index in [0.29, 0.717) is 13.1 Å². The maximum atomic E-state index is 11.9. The second-order valence-electron chi connectivity index (χ2n) is 3.75. The number of halogens is 1. The van der Waals surface area contributed by atoms with E-state index in [1.54, 1.807) is 16.7 Å². The number of nitrogens with one attached hydrogen (secondary N) is 1. The van der Waals surface area contributed by atoms with Crippen molar-refractivity contribution < 1.29 is 13.2 Å². The van der Waals surface area contributed by atoms with Gasteiger partial charge >= 0.3 is 0 Å². The predicted molar refractivity (Wildman–Crippen MR) is 66.7 cm³/mol. The number of hydrogen-bond donors (Lipinski definition) is 1. The fraction of sp³-hybridized carbons (Fsp3) is 0.875. The standard InChI is InChI=1S/C8H14N2O3S2.ClH/c11-8(7-5-14-6-9-7)10-1-3-15(12,13)4-2-10;/h7,9H,1-6H2;1H/t7-;/m1./s1. The maximum absolute atomic E-state index is 11.9. The van der Waals surface area contributed by atoms with Gasteiger partial charge in [-0.05, 0) is 0 Å². The van der Waals surface area contributed by atoms with Crippen LogP contribution in [0.25, 0.3) is 0 Å². The molecule has 0 aromatic heterocycles. The van der Waals surface area contributed by atoms with Gasteiger partial charge in [0.15, 0.2) is 9.84 Å². The maximum Gasteiger partial charge on any atom is 0.240 e. The number of nitrogens with zero attached hydrogens (tertiary/aromatic N) is 1. The molecule has 2 aliphatic rings. The van der Waals surface area contributed by atoms with Crippen molar-refractivity contribution >= 4 is 39.9 Å². The second kappa shape index (κ2) is 5.57. The smallest absolute Gasteiger partial charge is 0.240 e. The summed E-state index contributed by atoms with van der Waals surface area (Å²) in [5, 5.41) is 3.10. The molecule has 0 unspecified atom stereocenters. The number of carbonyl (C=O) groups excluding carboxylic acids is 1. The van der Waals surface area contributed by atoms with Crippen molar-refractivity contribution in [1.29, 1.82) is 0 Å². The summed E-state index contributed by atoms with van der Waals surface area (Å²) in [7, 11) is -2.89. The van der Waals surface area contributed by atoms with Crippen molar-refractivity contribution in [2.75, 3.05) is 36.2 Å². The van der Waals surface area contributed by atoms with Crippen LogP contribution < -0.4 is 5.32 Å². The van der Waals surface area contributed by atoms with Gasteiger partial charge in [0.25, 0.3) is 0 Å². The first-order chi connectivity index (χ1) is 7.08. The molecule has 2 rings (SSSR count). The summed E-state index contributed by atoms with van der Waals surface area (Å²) < 4.78 is 22.4. The van der Waals surface area contributed by atoms with Gasteiger partial charge in [0, 0.05) is 24.7 Å². The summed E-state index contributed by atoms with van der Waals surface area (Å²) in [5.41, 5.74) is 0. The fourth-order valence-corrected chi connectivity index (χ4v) is 3.84. The van der Waals surface area contributed by atoms with Gasteiger partial charge in [-0.15, -0.1) is 24.2 Å². The lowest BCUT2D eigenvalue weighted by atomic mass is 10.3. The minimum atomic E-state index is -2.89. The van der Waals surface area contributed by atoms with E-state index in [9.17, 15) is 13.2 Å². The van der Waals surface area contributed by atoms with Crippen LogP contribution in [0.3, 0.4) is 0 Å². The van der Waals surface area contributed by atoms with Crippen molar-refractivity contribution in [3.8, 4) is 0 Å². The van der Waals surface area contributed by atoms with Crippen LogP contribution in [0.4, 0.5) is 0 Å². The Labute approximate surface area is 106 Å². The number of amides is 1. The first-order valence-corrected chi connectivity index (χ1v) is 7.86. The number of sulfone groups is 1. The Morgan fingerprint density at radius 3 is 2.44 bits per heavy atom. The molecule has 1 amide bonds. The molecule has 0 aliphatic carbocycles. The van der Waals surface area contributed by atoms with Gasteiger partial charge in [0.2, 0.25) is 5.91 Å². The van der Waals surface area contributed by atoms with E-state index in [4.69, 9.17) is 0 Å². The minimum absolute atomic E-state index is 0. The Hall–Kier alpha value is 0.0200. The normalized spacial score (nSPS) is 28.5. The molecule has 0 saturated carbocycles. The summed E-state index contributed by atoms with van der Waals surface area (Å²) in [5.74, 6) is 1.87. The summed E-state index contributed by atoms with van der Waals surface area (Å²) in [4.78, 5) is 13.5. The lowest BCUT2D eigenvalue weighted by Gasteiger charge is -2.28. The Balaban J connectivity index is 0.00000128. The van der Waals surface area contributed by atoms with E-state index in [1.165, 1.54) is 0 Å². The molecule has 0 radical (unpaired) electrons. The molecular formula is C8H15ClN2O3S2. The van der Waals surface area contributed by atoms with Gasteiger partial charge in [-0.2, -0.15) is 0 Å². The van der Waals surface area contributed by atoms with Crippen LogP contribution in [0.1, 0.15) is 0 Å². The molecule has 0 spiro atoms. The molecule has 1 atom stereocenters. The van der Waals surface area contributed by atoms with Gasteiger partial charge in [-0.25, -0.2) is 8.42 Å². The van der Waals surface area contributed by atoms with Crippen molar-refractivity contribution in [2.45, 2.75) is 6.04 Å². The number of carbonyl (C=O) groups is 1. The van der Waals surface area contributed by atoms with Crippen LogP contribution in [0, 0.1) is 0 Å². The van der Waals surface area contributed by atoms with E-state index < -0.39 is 9.84 Å². The first-order valence-electron chi connectivity index (χ1n) is 4.89. The molecule has 2 aliphatic heterocycles. The second-order valence-corrected chi connectivity index (χ2v) is 7.08. The third-order valence-corrected chi connectivity index (χ3v) is 5.22. The molecule has 2 heterocycles. The molecule has 0 aromatic carbocycles. The van der Waals surface area contributed by atoms with E-state index in [1.807, 2.05) is 0 Å². The Morgan fingerprint density at radius 1 is 1.31 bits per heavy atom. The van der Waals surface area contributed by atoms with Crippen molar-refractivity contribution in [3.63, 3.8) is 0 Å². The monoisotopic (exact) mass is 286 g/mol. The zero-order chi connectivity index (χ0) is 10.9. The molecule has 0 aromatic rings. The molecule has 1 N–H and O–H groups in total. The minimum Gasteiger partial charge on any atom is -0.339 e. The summed E-state index contributed by atoms with van der Waals surface area (Å²) in [6.07, 6.45) is 0. The molecule has 2 saturated heterocycles. The topological polar surface area (TPSA) is 66.5 Å². The number of rotatable bonds is 1. The molecule has 94 valence electrons. The highest BCUT2D eigenvalue weighted by atomic mass is 35.5. The molecule has 2 fully saturated rings. The predicted octanol–water partition coefficient (Wildman–Crippen LogP) is -0.672. The van der Waals surface area contributed by atoms with E-state index in [0.717, 1.165) is 11.6 Å². The lowest BCUT2D eigenvalue weighted by molar-refractivity contribution is -0.132. The molecule has 0 bridgehead atoms. The van der Waals surface area contributed by atoms with Gasteiger partial charge in [0.1, 0.15) is 0 Å². The molecular weight excluding hydrogens is 272 g/mol. The average Bonchev–Trinajstić information content (AvgIpc) is 2.69. The van der Waals surface area contributed by atoms with Crippen molar-refractivity contribution in [1.82, 2.24) is 10.2 Å². The average molecular weight is 287 g/mol. The van der Waals surface area contributed by atoms with Gasteiger partial charge in [0.05, 0.1) is 17.5 Å². The first kappa shape index (κ1) is 14.1. The number of hydrogen-bond acceptors (Lipinski definition) is 5. The fourth-order valence-electron chi connectivity index (χ4n) is 1.71. The summed E-state index contributed by atoms with van der Waals surface area (Å²) >= 11 is 1.70. The highest BCUT2D eigenvalue weighted by Gasteiger charge is 2.31. The van der Waals surface area contributed by atoms with E-state index in [-0.39, 0.29) is 35.9 Å². The van der Waals surface area contributed by atoms with Crippen molar-refractivity contribution in [2.24, 2.45) is 0 Å². The van der Waals surface area contributed by atoms with Crippen LogP contribution in [0.2, 0.25) is 0 Å². The number of thioether (sulfide) groups is 1. The van der Waals surface area contributed by atoms with Crippen LogP contribution in [0.15, 0.2) is 0 Å². The third-order valence-electron chi connectivity index (χ3n) is 2.67. The molecule has 5 nitrogen and oxygen atoms in total. The zero-order valence-corrected chi connectivity index (χ0v) is 11.2. The summed E-state index contributed by atoms with van der Waals surface area (Å²) in [6.45, 7) is 0.702. The lowest BCUT2D eigenvalue weighted by Crippen LogP contribution is -2.50. The van der Waals surface area contributed by atoms with Crippen molar-refractivity contribution in [3.05, 3.63) is 0 Å². The Bertz CT molecular complexity index is 340. The van der Waals surface area contributed by atoms with E-state index in [2.05, 4.69) is 5.32 Å². The van der Waals surface area contributed by atoms with Crippen LogP contribution >= 0.6 is 24.2 Å². The van der Waals surface area contributed by atoms with Crippen LogP contribution in [0.5, 0.6) is 0 Å². The summed E-state index contributed by atoms with van der Waals surface area (Å²) in [6, 6.07) is -0.115. The SMILES string of the molecule is Cl.O=C([C@H]1CSCN1)N1CCS(=O)(=O)CC1. The highest BCUT2D eigenvalue weighted by molar-refractivity contribution is 7.99. The third kappa shape index (κ3) is 3.26. The molecule has 8 heteroatoms. The van der Waals surface area contributed by atoms with Crippen LogP contribution in [-0.4, -0.2) is 61.5 Å². The van der Waals surface area contributed by atoms with Gasteiger partial charge in [-0.1, -0.05) is 0 Å². The zero-order valence-electron chi connectivity index (χ0n) is 8.72. The largest absolute Gasteiger partial charge is 0.339 e. The quantitative estimate of drug-likeness (QED) is 0.692. The Kier molecular flexibility index (Phi) is 4.90. The van der Waals surface area contributed by atoms with E-state index >= 15 is 0 Å². The Morgan fingerprint density at radius 2 is 1.94 bits per heavy atom. The van der Waals surface area contributed by atoms with Gasteiger partial charge in [-0.3, -0.25) is 10.1 Å². The molecule has 16 heavy (non-hydrogen) atoms. The van der Waals surface area contributed by atoms with Gasteiger partial charge < -0.3 is 4.90 Å². The highest BCUT2D eigenvalue weighted by Crippen LogP contribution is 2.13.